The lowest BCUT2D eigenvalue weighted by Crippen LogP contribution is -2.36. The summed E-state index contributed by atoms with van der Waals surface area (Å²) in [6, 6.07) is 7.92. The van der Waals surface area contributed by atoms with Crippen molar-refractivity contribution in [2.45, 2.75) is 45.1 Å². The van der Waals surface area contributed by atoms with Crippen molar-refractivity contribution in [2.24, 2.45) is 5.10 Å². The summed E-state index contributed by atoms with van der Waals surface area (Å²) in [5.41, 5.74) is 3.91. The van der Waals surface area contributed by atoms with Gasteiger partial charge in [0.2, 0.25) is 5.71 Å². The Bertz CT molecular complexity index is 1460. The van der Waals surface area contributed by atoms with E-state index in [4.69, 9.17) is 23.2 Å². The van der Waals surface area contributed by atoms with Crippen LogP contribution in [0.3, 0.4) is 0 Å². The Morgan fingerprint density at radius 2 is 1.89 bits per heavy atom. The van der Waals surface area contributed by atoms with E-state index in [1.54, 1.807) is 34.5 Å². The summed E-state index contributed by atoms with van der Waals surface area (Å²) in [5.74, 6) is -1.03. The molecule has 2 N–H and O–H groups in total. The van der Waals surface area contributed by atoms with Crippen LogP contribution in [0.25, 0.3) is 16.7 Å². The van der Waals surface area contributed by atoms with Gasteiger partial charge in [-0.05, 0) is 38.0 Å². The molecule has 2 heterocycles. The zero-order valence-electron chi connectivity index (χ0n) is 19.8. The third-order valence-corrected chi connectivity index (χ3v) is 6.52. The summed E-state index contributed by atoms with van der Waals surface area (Å²) >= 11 is 13.1. The van der Waals surface area contributed by atoms with Crippen LogP contribution < -0.4 is 16.3 Å². The Hall–Kier alpha value is -3.88. The number of carbonyl (C=O) groups excluding carboxylic acids is 2. The lowest BCUT2D eigenvalue weighted by Gasteiger charge is -2.24. The van der Waals surface area contributed by atoms with Crippen LogP contribution in [-0.2, 0) is 9.53 Å². The average Bonchev–Trinajstić information content (AvgIpc) is 3.28. The first-order valence-electron chi connectivity index (χ1n) is 11.6. The molecule has 0 atom stereocenters. The Morgan fingerprint density at radius 1 is 1.19 bits per heavy atom. The number of imide groups is 1. The second-order valence-electron chi connectivity index (χ2n) is 8.31. The van der Waals surface area contributed by atoms with Crippen molar-refractivity contribution in [2.75, 3.05) is 12.0 Å². The Morgan fingerprint density at radius 3 is 2.54 bits per heavy atom. The number of halogens is 2. The van der Waals surface area contributed by atoms with Gasteiger partial charge in [-0.2, -0.15) is 15.5 Å². The molecule has 0 radical (unpaired) electrons. The van der Waals surface area contributed by atoms with Gasteiger partial charge in [0, 0.05) is 12.1 Å². The number of nitriles is 1. The predicted octanol–water partition coefficient (Wildman–Crippen LogP) is 4.56. The van der Waals surface area contributed by atoms with Crippen molar-refractivity contribution in [3.63, 3.8) is 0 Å². The minimum Gasteiger partial charge on any atom is -0.450 e. The molecule has 0 bridgehead atoms. The Labute approximate surface area is 221 Å². The molecule has 1 aliphatic rings. The molecule has 1 aromatic carbocycles. The summed E-state index contributed by atoms with van der Waals surface area (Å²) in [4.78, 5) is 36.2. The number of ether oxygens (including phenoxy) is 1. The van der Waals surface area contributed by atoms with Gasteiger partial charge in [0.05, 0.1) is 39.6 Å². The molecule has 3 aromatic rings. The molecule has 0 saturated heterocycles. The number of benzene rings is 1. The van der Waals surface area contributed by atoms with E-state index in [-0.39, 0.29) is 33.9 Å². The minimum atomic E-state index is -1.03. The van der Waals surface area contributed by atoms with Crippen LogP contribution in [0.2, 0.25) is 10.0 Å². The molecule has 37 heavy (non-hydrogen) atoms. The van der Waals surface area contributed by atoms with E-state index in [1.807, 2.05) is 5.32 Å². The molecule has 11 nitrogen and oxygen atoms in total. The molecular formula is C24H23Cl2N7O4. The molecule has 0 unspecified atom stereocenters. The van der Waals surface area contributed by atoms with Crippen molar-refractivity contribution >= 4 is 57.6 Å². The van der Waals surface area contributed by atoms with Crippen molar-refractivity contribution < 1.29 is 14.3 Å². The number of nitrogens with one attached hydrogen (secondary N) is 2. The van der Waals surface area contributed by atoms with Crippen LogP contribution in [0.1, 0.15) is 45.1 Å². The third kappa shape index (κ3) is 5.60. The highest BCUT2D eigenvalue weighted by atomic mass is 35.5. The monoisotopic (exact) mass is 543 g/mol. The van der Waals surface area contributed by atoms with Gasteiger partial charge in [-0.3, -0.25) is 20.3 Å². The van der Waals surface area contributed by atoms with Crippen molar-refractivity contribution in [3.8, 4) is 11.8 Å². The molecule has 1 aliphatic carbocycles. The van der Waals surface area contributed by atoms with Gasteiger partial charge in [-0.1, -0.05) is 42.5 Å². The number of hydrogen-bond acceptors (Lipinski definition) is 8. The molecule has 192 valence electrons. The maximum atomic E-state index is 12.7. The molecule has 0 spiro atoms. The smallest absolute Gasteiger partial charge is 0.414 e. The number of anilines is 1. The van der Waals surface area contributed by atoms with Crippen LogP contribution in [0.4, 0.5) is 10.5 Å². The number of hydrogen-bond donors (Lipinski definition) is 2. The standard InChI is InChI=1S/C24H23Cl2N7O4/c1-2-37-24(36)29-23(35)18(12-27)31-30-14-10-16(25)22(17(26)11-14)33-19-8-9-21(34)32(20(19)13-28-33)15-6-4-3-5-7-15/h8-11,13,15,30H,2-7H2,1H3,(H,29,35,36)/b31-18-. The van der Waals surface area contributed by atoms with Gasteiger partial charge < -0.3 is 9.30 Å². The van der Waals surface area contributed by atoms with Crippen LogP contribution in [0.15, 0.2) is 40.4 Å². The highest BCUT2D eigenvalue weighted by molar-refractivity contribution is 6.47. The van der Waals surface area contributed by atoms with Crippen molar-refractivity contribution in [1.29, 1.82) is 5.26 Å². The zero-order valence-corrected chi connectivity index (χ0v) is 21.3. The van der Waals surface area contributed by atoms with Crippen molar-refractivity contribution in [3.05, 3.63) is 50.9 Å². The van der Waals surface area contributed by atoms with E-state index in [9.17, 15) is 19.6 Å². The number of alkyl carbamates (subject to hydrolysis) is 1. The molecule has 0 aliphatic heterocycles. The lowest BCUT2D eigenvalue weighted by atomic mass is 9.95. The van der Waals surface area contributed by atoms with E-state index in [0.717, 1.165) is 25.7 Å². The number of carbonyl (C=O) groups is 2. The maximum absolute atomic E-state index is 12.7. The number of fused-ring (bicyclic) bond motifs is 1. The number of hydrazone groups is 1. The zero-order chi connectivity index (χ0) is 26.5. The molecule has 13 heteroatoms. The second kappa shape index (κ2) is 11.5. The quantitative estimate of drug-likeness (QED) is 0.342. The summed E-state index contributed by atoms with van der Waals surface area (Å²) in [7, 11) is 0. The lowest BCUT2D eigenvalue weighted by molar-refractivity contribution is -0.114. The van der Waals surface area contributed by atoms with Gasteiger partial charge in [-0.15, -0.1) is 0 Å². The van der Waals surface area contributed by atoms with E-state index >= 15 is 0 Å². The number of rotatable bonds is 6. The normalized spacial score (nSPS) is 14.3. The fourth-order valence-electron chi connectivity index (χ4n) is 4.33. The fraction of sp³-hybridized carbons (Fsp3) is 0.333. The average molecular weight is 544 g/mol. The van der Waals surface area contributed by atoms with Crippen LogP contribution in [0.5, 0.6) is 0 Å². The largest absolute Gasteiger partial charge is 0.450 e. The minimum absolute atomic E-state index is 0.0594. The van der Waals surface area contributed by atoms with Gasteiger partial charge >= 0.3 is 6.09 Å². The number of nitrogens with zero attached hydrogens (tertiary/aromatic N) is 5. The predicted molar refractivity (Wildman–Crippen MR) is 139 cm³/mol. The van der Waals surface area contributed by atoms with Gasteiger partial charge in [-0.25, -0.2) is 9.48 Å². The first-order chi connectivity index (χ1) is 17.8. The maximum Gasteiger partial charge on any atom is 0.414 e. The van der Waals surface area contributed by atoms with E-state index in [1.165, 1.54) is 24.6 Å². The van der Waals surface area contributed by atoms with Crippen molar-refractivity contribution in [1.82, 2.24) is 19.7 Å². The van der Waals surface area contributed by atoms with Gasteiger partial charge in [0.15, 0.2) is 0 Å². The van der Waals surface area contributed by atoms with E-state index in [0.29, 0.717) is 16.7 Å². The summed E-state index contributed by atoms with van der Waals surface area (Å²) in [5, 5.41) is 19.7. The summed E-state index contributed by atoms with van der Waals surface area (Å²) < 4.78 is 7.98. The van der Waals surface area contributed by atoms with Crippen LogP contribution in [0, 0.1) is 11.3 Å². The third-order valence-electron chi connectivity index (χ3n) is 5.94. The molecule has 4 rings (SSSR count). The number of aromatic nitrogens is 3. The topological polar surface area (TPSA) is 143 Å². The van der Waals surface area contributed by atoms with E-state index < -0.39 is 17.7 Å². The summed E-state index contributed by atoms with van der Waals surface area (Å²) in [6.45, 7) is 1.63. The molecular weight excluding hydrogens is 521 g/mol. The van der Waals surface area contributed by atoms with Gasteiger partial charge in [0.25, 0.3) is 11.5 Å². The molecule has 2 aromatic heterocycles. The highest BCUT2D eigenvalue weighted by Crippen LogP contribution is 2.35. The second-order valence-corrected chi connectivity index (χ2v) is 9.12. The molecule has 1 fully saturated rings. The Balaban J connectivity index is 1.63. The highest BCUT2D eigenvalue weighted by Gasteiger charge is 2.22. The fourth-order valence-corrected chi connectivity index (χ4v) is 4.98. The van der Waals surface area contributed by atoms with Crippen LogP contribution >= 0.6 is 23.2 Å². The first kappa shape index (κ1) is 26.2. The van der Waals surface area contributed by atoms with Crippen LogP contribution in [-0.4, -0.2) is 38.7 Å². The SMILES string of the molecule is CCOC(=O)NC(=O)/C(C#N)=N\Nc1cc(Cl)c(-n2ncc3c2ccc(=O)n3C2CCCCC2)c(Cl)c1. The number of amides is 2. The Kier molecular flexibility index (Phi) is 8.11. The van der Waals surface area contributed by atoms with E-state index in [2.05, 4.69) is 20.4 Å². The first-order valence-corrected chi connectivity index (χ1v) is 12.4. The molecule has 2 amide bonds. The number of pyridine rings is 1. The summed E-state index contributed by atoms with van der Waals surface area (Å²) in [6.07, 6.45) is 5.84. The molecule has 1 saturated carbocycles. The van der Waals surface area contributed by atoms with Gasteiger partial charge in [0.1, 0.15) is 11.8 Å².